The zero-order chi connectivity index (χ0) is 20.9. The Bertz CT molecular complexity index is 1080. The van der Waals surface area contributed by atoms with Crippen molar-refractivity contribution in [3.8, 4) is 11.5 Å². The van der Waals surface area contributed by atoms with E-state index in [1.165, 1.54) is 11.8 Å². The van der Waals surface area contributed by atoms with Crippen LogP contribution in [-0.4, -0.2) is 35.2 Å². The molecule has 0 radical (unpaired) electrons. The Morgan fingerprint density at radius 2 is 1.80 bits per heavy atom. The van der Waals surface area contributed by atoms with Crippen LogP contribution in [-0.2, 0) is 5.75 Å². The number of thioether (sulfide) groups is 1. The molecular formula is C20H18N4O5S. The van der Waals surface area contributed by atoms with Gasteiger partial charge in [0.2, 0.25) is 5.89 Å². The van der Waals surface area contributed by atoms with Gasteiger partial charge in [0.05, 0.1) is 11.3 Å². The number of rotatable bonds is 5. The molecule has 2 heterocycles. The van der Waals surface area contributed by atoms with Crippen molar-refractivity contribution < 1.29 is 23.6 Å². The van der Waals surface area contributed by atoms with Gasteiger partial charge in [-0.2, -0.15) is 4.98 Å². The summed E-state index contributed by atoms with van der Waals surface area (Å²) < 4.78 is 15.9. The quantitative estimate of drug-likeness (QED) is 0.472. The second kappa shape index (κ2) is 8.87. The molecule has 3 aromatic rings. The first-order valence-electron chi connectivity index (χ1n) is 9.11. The minimum Gasteiger partial charge on any atom is -0.486 e. The highest BCUT2D eigenvalue weighted by molar-refractivity contribution is 7.98. The molecule has 10 heteroatoms. The molecule has 0 fully saturated rings. The number of benzene rings is 2. The molecule has 0 atom stereocenters. The van der Waals surface area contributed by atoms with E-state index in [1.54, 1.807) is 37.3 Å². The SMILES string of the molecule is Cc1nc(CSc2ccccc2C(=O)NNC(=O)c2ccc3c(c2)OCCO3)no1. The highest BCUT2D eigenvalue weighted by Crippen LogP contribution is 2.30. The van der Waals surface area contributed by atoms with Crippen molar-refractivity contribution in [3.63, 3.8) is 0 Å². The monoisotopic (exact) mass is 426 g/mol. The number of aryl methyl sites for hydroxylation is 1. The smallest absolute Gasteiger partial charge is 0.270 e. The fraction of sp³-hybridized carbons (Fsp3) is 0.200. The first-order chi connectivity index (χ1) is 14.6. The minimum atomic E-state index is -0.465. The predicted octanol–water partition coefficient (Wildman–Crippen LogP) is 2.52. The van der Waals surface area contributed by atoms with E-state index < -0.39 is 11.8 Å². The number of fused-ring (bicyclic) bond motifs is 1. The molecule has 4 rings (SSSR count). The third-order valence-electron chi connectivity index (χ3n) is 4.15. The van der Waals surface area contributed by atoms with Crippen LogP contribution in [0.1, 0.15) is 32.4 Å². The number of carbonyl (C=O) groups excluding carboxylic acids is 2. The molecule has 0 saturated carbocycles. The van der Waals surface area contributed by atoms with Crippen LogP contribution in [0.4, 0.5) is 0 Å². The maximum absolute atomic E-state index is 12.6. The second-order valence-electron chi connectivity index (χ2n) is 6.28. The number of aromatic nitrogens is 2. The van der Waals surface area contributed by atoms with Crippen molar-refractivity contribution in [3.05, 3.63) is 65.3 Å². The predicted molar refractivity (Wildman–Crippen MR) is 107 cm³/mol. The van der Waals surface area contributed by atoms with E-state index in [-0.39, 0.29) is 0 Å². The van der Waals surface area contributed by atoms with Gasteiger partial charge in [0, 0.05) is 17.4 Å². The first kappa shape index (κ1) is 19.8. The highest BCUT2D eigenvalue weighted by Gasteiger charge is 2.17. The van der Waals surface area contributed by atoms with Crippen LogP contribution >= 0.6 is 11.8 Å². The number of ether oxygens (including phenoxy) is 2. The fourth-order valence-corrected chi connectivity index (χ4v) is 3.65. The lowest BCUT2D eigenvalue weighted by atomic mass is 10.2. The van der Waals surface area contributed by atoms with E-state index in [1.807, 2.05) is 12.1 Å². The minimum absolute atomic E-state index is 0.342. The van der Waals surface area contributed by atoms with Crippen LogP contribution in [0, 0.1) is 6.92 Å². The molecule has 2 N–H and O–H groups in total. The van der Waals surface area contributed by atoms with Gasteiger partial charge in [-0.05, 0) is 30.3 Å². The van der Waals surface area contributed by atoms with Crippen LogP contribution in [0.3, 0.4) is 0 Å². The fourth-order valence-electron chi connectivity index (χ4n) is 2.76. The molecule has 0 spiro atoms. The van der Waals surface area contributed by atoms with Crippen molar-refractivity contribution in [1.82, 2.24) is 21.0 Å². The van der Waals surface area contributed by atoms with Crippen molar-refractivity contribution in [2.45, 2.75) is 17.6 Å². The first-order valence-corrected chi connectivity index (χ1v) is 10.1. The number of hydrogen-bond acceptors (Lipinski definition) is 8. The van der Waals surface area contributed by atoms with E-state index >= 15 is 0 Å². The molecule has 9 nitrogen and oxygen atoms in total. The van der Waals surface area contributed by atoms with E-state index in [2.05, 4.69) is 21.0 Å². The molecule has 1 aliphatic heterocycles. The third kappa shape index (κ3) is 4.54. The van der Waals surface area contributed by atoms with Gasteiger partial charge >= 0.3 is 0 Å². The summed E-state index contributed by atoms with van der Waals surface area (Å²) in [6.45, 7) is 2.61. The molecule has 0 bridgehead atoms. The topological polar surface area (TPSA) is 116 Å². The number of hydrogen-bond donors (Lipinski definition) is 2. The van der Waals surface area contributed by atoms with Crippen molar-refractivity contribution >= 4 is 23.6 Å². The Morgan fingerprint density at radius 1 is 1.03 bits per heavy atom. The van der Waals surface area contributed by atoms with Gasteiger partial charge in [0.15, 0.2) is 17.3 Å². The van der Waals surface area contributed by atoms with Crippen molar-refractivity contribution in [2.24, 2.45) is 0 Å². The zero-order valence-corrected chi connectivity index (χ0v) is 16.8. The number of hydrazine groups is 1. The Morgan fingerprint density at radius 3 is 2.60 bits per heavy atom. The summed E-state index contributed by atoms with van der Waals surface area (Å²) in [6.07, 6.45) is 0. The zero-order valence-electron chi connectivity index (χ0n) is 16.0. The Balaban J connectivity index is 1.38. The van der Waals surface area contributed by atoms with Crippen LogP contribution in [0.25, 0.3) is 0 Å². The van der Waals surface area contributed by atoms with Crippen LogP contribution < -0.4 is 20.3 Å². The maximum Gasteiger partial charge on any atom is 0.270 e. The summed E-state index contributed by atoms with van der Waals surface area (Å²) in [6, 6.07) is 11.9. The number of carbonyl (C=O) groups is 2. The van der Waals surface area contributed by atoms with Gasteiger partial charge < -0.3 is 14.0 Å². The summed E-state index contributed by atoms with van der Waals surface area (Å²) in [5.41, 5.74) is 5.63. The summed E-state index contributed by atoms with van der Waals surface area (Å²) in [5, 5.41) is 3.85. The van der Waals surface area contributed by atoms with E-state index in [9.17, 15) is 9.59 Å². The molecule has 1 aliphatic rings. The molecule has 0 saturated heterocycles. The normalized spacial score (nSPS) is 12.3. The molecule has 2 aromatic carbocycles. The van der Waals surface area contributed by atoms with Gasteiger partial charge in [-0.3, -0.25) is 20.4 Å². The lowest BCUT2D eigenvalue weighted by molar-refractivity contribution is 0.0844. The van der Waals surface area contributed by atoms with Crippen LogP contribution in [0.15, 0.2) is 51.9 Å². The van der Waals surface area contributed by atoms with Gasteiger partial charge in [0.1, 0.15) is 13.2 Å². The lowest BCUT2D eigenvalue weighted by Crippen LogP contribution is -2.41. The molecule has 154 valence electrons. The van der Waals surface area contributed by atoms with Gasteiger partial charge in [-0.25, -0.2) is 0 Å². The second-order valence-corrected chi connectivity index (χ2v) is 7.30. The van der Waals surface area contributed by atoms with Crippen LogP contribution in [0.2, 0.25) is 0 Å². The summed E-state index contributed by atoms with van der Waals surface area (Å²) in [4.78, 5) is 29.9. The third-order valence-corrected chi connectivity index (χ3v) is 5.22. The van der Waals surface area contributed by atoms with Gasteiger partial charge in [0.25, 0.3) is 11.8 Å². The molecule has 2 amide bonds. The van der Waals surface area contributed by atoms with E-state index in [0.29, 0.717) is 53.3 Å². The summed E-state index contributed by atoms with van der Waals surface area (Å²) in [5.74, 6) is 1.66. The lowest BCUT2D eigenvalue weighted by Gasteiger charge is -2.18. The highest BCUT2D eigenvalue weighted by atomic mass is 32.2. The Kier molecular flexibility index (Phi) is 5.84. The molecule has 0 unspecified atom stereocenters. The Labute approximate surface area is 176 Å². The van der Waals surface area contributed by atoms with Crippen molar-refractivity contribution in [1.29, 1.82) is 0 Å². The maximum atomic E-state index is 12.6. The van der Waals surface area contributed by atoms with E-state index in [4.69, 9.17) is 14.0 Å². The average molecular weight is 426 g/mol. The average Bonchev–Trinajstić information content (AvgIpc) is 3.20. The summed E-state index contributed by atoms with van der Waals surface area (Å²) >= 11 is 1.40. The Hall–Kier alpha value is -3.53. The van der Waals surface area contributed by atoms with Gasteiger partial charge in [-0.1, -0.05) is 17.3 Å². The molecule has 1 aromatic heterocycles. The number of amides is 2. The number of nitrogens with one attached hydrogen (secondary N) is 2. The van der Waals surface area contributed by atoms with E-state index in [0.717, 1.165) is 4.90 Å². The molecular weight excluding hydrogens is 408 g/mol. The van der Waals surface area contributed by atoms with Crippen molar-refractivity contribution in [2.75, 3.05) is 13.2 Å². The van der Waals surface area contributed by atoms with Gasteiger partial charge in [-0.15, -0.1) is 11.8 Å². The molecule has 30 heavy (non-hydrogen) atoms. The number of nitrogens with zero attached hydrogens (tertiary/aromatic N) is 2. The van der Waals surface area contributed by atoms with Crippen LogP contribution in [0.5, 0.6) is 11.5 Å². The standard InChI is InChI=1S/C20H18N4O5S/c1-12-21-18(24-29-12)11-30-17-5-3-2-4-14(17)20(26)23-22-19(25)13-6-7-15-16(10-13)28-9-8-27-15/h2-7,10H,8-9,11H2,1H3,(H,22,25)(H,23,26). The summed E-state index contributed by atoms with van der Waals surface area (Å²) in [7, 11) is 0. The molecule has 0 aliphatic carbocycles. The largest absolute Gasteiger partial charge is 0.486 e.